The third-order valence-corrected chi connectivity index (χ3v) is 10.8. The SMILES string of the molecule is CCN(CC)S(=O)(=O)c1sc(Nc2nc(C3=CCCN(C(=O)OC(C)(C)C)C3)cn3c(-c4cnn(C)c4)cnc23)cc1C. The fraction of sp³-hybridized carbons (Fsp3) is 0.448. The summed E-state index contributed by atoms with van der Waals surface area (Å²) in [7, 11) is -1.77. The number of hydrogen-bond acceptors (Lipinski definition) is 9. The number of nitrogens with one attached hydrogen (secondary N) is 1. The van der Waals surface area contributed by atoms with Gasteiger partial charge in [-0.25, -0.2) is 23.2 Å². The summed E-state index contributed by atoms with van der Waals surface area (Å²) in [6.07, 6.45) is 9.74. The summed E-state index contributed by atoms with van der Waals surface area (Å²) in [4.78, 5) is 24.2. The Morgan fingerprint density at radius 2 is 1.93 bits per heavy atom. The van der Waals surface area contributed by atoms with Crippen molar-refractivity contribution in [3.8, 4) is 11.3 Å². The Kier molecular flexibility index (Phi) is 8.38. The van der Waals surface area contributed by atoms with Crippen LogP contribution < -0.4 is 5.32 Å². The number of rotatable bonds is 8. The number of nitrogens with zero attached hydrogens (tertiary/aromatic N) is 7. The average molecular weight is 627 g/mol. The van der Waals surface area contributed by atoms with Crippen LogP contribution in [0, 0.1) is 6.92 Å². The van der Waals surface area contributed by atoms with Gasteiger partial charge in [-0.3, -0.25) is 9.08 Å². The molecule has 0 radical (unpaired) electrons. The first-order chi connectivity index (χ1) is 20.3. The first-order valence-electron chi connectivity index (χ1n) is 14.2. The highest BCUT2D eigenvalue weighted by atomic mass is 32.2. The van der Waals surface area contributed by atoms with Gasteiger partial charge in [-0.2, -0.15) is 9.40 Å². The van der Waals surface area contributed by atoms with E-state index in [1.807, 2.05) is 64.5 Å². The smallest absolute Gasteiger partial charge is 0.410 e. The Bertz CT molecular complexity index is 1790. The Morgan fingerprint density at radius 1 is 1.19 bits per heavy atom. The molecular formula is C29H38N8O4S2. The minimum atomic E-state index is -3.63. The first kappa shape index (κ1) is 30.7. The van der Waals surface area contributed by atoms with Crippen LogP contribution in [0.15, 0.2) is 41.1 Å². The van der Waals surface area contributed by atoms with Crippen molar-refractivity contribution in [1.82, 2.24) is 33.4 Å². The van der Waals surface area contributed by atoms with E-state index in [1.165, 1.54) is 15.6 Å². The van der Waals surface area contributed by atoms with Gasteiger partial charge in [0.05, 0.1) is 35.3 Å². The minimum Gasteiger partial charge on any atom is -0.444 e. The molecule has 230 valence electrons. The Hall–Kier alpha value is -3.75. The highest BCUT2D eigenvalue weighted by Gasteiger charge is 2.28. The molecule has 0 unspecified atom stereocenters. The first-order valence-corrected chi connectivity index (χ1v) is 16.5. The fourth-order valence-corrected chi connectivity index (χ4v) is 8.18. The van der Waals surface area contributed by atoms with Crippen molar-refractivity contribution in [2.75, 3.05) is 31.5 Å². The third kappa shape index (κ3) is 6.31. The normalized spacial score (nSPS) is 14.4. The number of sulfonamides is 1. The van der Waals surface area contributed by atoms with Gasteiger partial charge in [0.15, 0.2) is 11.5 Å². The fourth-order valence-electron chi connectivity index (χ4n) is 4.99. The van der Waals surface area contributed by atoms with Crippen LogP contribution >= 0.6 is 11.3 Å². The molecule has 5 heterocycles. The molecule has 43 heavy (non-hydrogen) atoms. The van der Waals surface area contributed by atoms with Crippen molar-refractivity contribution in [2.45, 2.75) is 57.8 Å². The highest BCUT2D eigenvalue weighted by molar-refractivity contribution is 7.91. The van der Waals surface area contributed by atoms with Crippen LogP contribution in [0.4, 0.5) is 15.6 Å². The van der Waals surface area contributed by atoms with Crippen molar-refractivity contribution >= 4 is 49.5 Å². The predicted molar refractivity (Wildman–Crippen MR) is 168 cm³/mol. The van der Waals surface area contributed by atoms with E-state index in [9.17, 15) is 13.2 Å². The van der Waals surface area contributed by atoms with E-state index >= 15 is 0 Å². The maximum Gasteiger partial charge on any atom is 0.410 e. The van der Waals surface area contributed by atoms with Crippen LogP contribution in [0.2, 0.25) is 0 Å². The van der Waals surface area contributed by atoms with Crippen LogP contribution in [0.3, 0.4) is 0 Å². The number of carbonyl (C=O) groups is 1. The lowest BCUT2D eigenvalue weighted by atomic mass is 10.1. The lowest BCUT2D eigenvalue weighted by molar-refractivity contribution is 0.0273. The molecule has 14 heteroatoms. The maximum absolute atomic E-state index is 13.3. The molecule has 1 aliphatic rings. The lowest BCUT2D eigenvalue weighted by Gasteiger charge is -2.30. The Labute approximate surface area is 256 Å². The van der Waals surface area contributed by atoms with Crippen LogP contribution in [0.25, 0.3) is 22.5 Å². The molecule has 0 aliphatic carbocycles. The molecule has 1 amide bonds. The van der Waals surface area contributed by atoms with Crippen LogP contribution in [0.5, 0.6) is 0 Å². The Balaban J connectivity index is 1.56. The highest BCUT2D eigenvalue weighted by Crippen LogP contribution is 2.36. The van der Waals surface area contributed by atoms with Crippen molar-refractivity contribution in [3.05, 3.63) is 48.2 Å². The van der Waals surface area contributed by atoms with Gasteiger partial charge in [-0.1, -0.05) is 19.9 Å². The summed E-state index contributed by atoms with van der Waals surface area (Å²) in [5.41, 5.74) is 3.87. The number of aryl methyl sites for hydroxylation is 2. The number of thiophene rings is 1. The van der Waals surface area contributed by atoms with Crippen molar-refractivity contribution in [2.24, 2.45) is 7.05 Å². The molecule has 4 aromatic rings. The maximum atomic E-state index is 13.3. The number of aromatic nitrogens is 5. The third-order valence-electron chi connectivity index (χ3n) is 7.02. The van der Waals surface area contributed by atoms with E-state index in [1.54, 1.807) is 28.9 Å². The monoisotopic (exact) mass is 626 g/mol. The second kappa shape index (κ2) is 11.7. The molecular weight excluding hydrogens is 589 g/mol. The van der Waals surface area contributed by atoms with E-state index in [2.05, 4.69) is 21.5 Å². The molecule has 0 spiro atoms. The van der Waals surface area contributed by atoms with E-state index in [4.69, 9.17) is 9.72 Å². The summed E-state index contributed by atoms with van der Waals surface area (Å²) in [6.45, 7) is 12.7. The summed E-state index contributed by atoms with van der Waals surface area (Å²) in [6, 6.07) is 1.82. The second-order valence-corrected chi connectivity index (χ2v) is 14.6. The summed E-state index contributed by atoms with van der Waals surface area (Å²) in [5.74, 6) is 0.468. The van der Waals surface area contributed by atoms with Gasteiger partial charge >= 0.3 is 6.09 Å². The van der Waals surface area contributed by atoms with Crippen molar-refractivity contribution in [1.29, 1.82) is 0 Å². The van der Waals surface area contributed by atoms with Gasteiger partial charge in [0.2, 0.25) is 0 Å². The van der Waals surface area contributed by atoms with Crippen LogP contribution in [-0.4, -0.2) is 79.6 Å². The second-order valence-electron chi connectivity index (χ2n) is 11.4. The van der Waals surface area contributed by atoms with Gasteiger partial charge in [0.25, 0.3) is 10.0 Å². The van der Waals surface area contributed by atoms with E-state index in [0.29, 0.717) is 64.5 Å². The molecule has 1 N–H and O–H groups in total. The average Bonchev–Trinajstić information content (AvgIpc) is 3.66. The molecule has 5 rings (SSSR count). The summed E-state index contributed by atoms with van der Waals surface area (Å²) < 4.78 is 37.7. The number of anilines is 2. The number of hydrogen-bond donors (Lipinski definition) is 1. The van der Waals surface area contributed by atoms with Gasteiger partial charge in [-0.05, 0) is 51.3 Å². The topological polar surface area (TPSA) is 127 Å². The largest absolute Gasteiger partial charge is 0.444 e. The number of amides is 1. The minimum absolute atomic E-state index is 0.299. The van der Waals surface area contributed by atoms with Gasteiger partial charge in [-0.15, -0.1) is 11.3 Å². The van der Waals surface area contributed by atoms with Gasteiger partial charge in [0, 0.05) is 44.6 Å². The number of carbonyl (C=O) groups excluding carboxylic acids is 1. The number of ether oxygens (including phenoxy) is 1. The quantitative estimate of drug-likeness (QED) is 0.279. The molecule has 0 aromatic carbocycles. The Morgan fingerprint density at radius 3 is 2.58 bits per heavy atom. The lowest BCUT2D eigenvalue weighted by Crippen LogP contribution is -2.39. The zero-order valence-corrected chi connectivity index (χ0v) is 27.2. The predicted octanol–water partition coefficient (Wildman–Crippen LogP) is 5.30. The molecule has 0 bridgehead atoms. The zero-order valence-electron chi connectivity index (χ0n) is 25.6. The number of fused-ring (bicyclic) bond motifs is 1. The molecule has 12 nitrogen and oxygen atoms in total. The molecule has 4 aromatic heterocycles. The van der Waals surface area contributed by atoms with Gasteiger partial charge in [0.1, 0.15) is 9.81 Å². The molecule has 0 saturated carbocycles. The standard InChI is InChI=1S/C29H38N8O4S2/c1-8-36(9-2)43(39,40)27-19(3)13-24(42-27)33-25-26-30-15-23(21-14-31-34(7)16-21)37(26)18-22(32-25)20-11-10-12-35(17-20)28(38)41-29(4,5)6/h11,13-16,18H,8-10,12,17H2,1-7H3,(H,32,33). The zero-order chi connectivity index (χ0) is 31.1. The summed E-state index contributed by atoms with van der Waals surface area (Å²) in [5, 5.41) is 8.31. The molecule has 1 aliphatic heterocycles. The van der Waals surface area contributed by atoms with Crippen molar-refractivity contribution in [3.63, 3.8) is 0 Å². The van der Waals surface area contributed by atoms with Crippen LogP contribution in [0.1, 0.15) is 52.3 Å². The number of imidazole rings is 1. The van der Waals surface area contributed by atoms with E-state index < -0.39 is 15.6 Å². The van der Waals surface area contributed by atoms with Crippen LogP contribution in [-0.2, 0) is 21.8 Å². The van der Waals surface area contributed by atoms with E-state index in [0.717, 1.165) is 16.8 Å². The van der Waals surface area contributed by atoms with Crippen molar-refractivity contribution < 1.29 is 17.9 Å². The molecule has 0 fully saturated rings. The molecule has 0 atom stereocenters. The molecule has 0 saturated heterocycles. The summed E-state index contributed by atoms with van der Waals surface area (Å²) >= 11 is 1.17. The van der Waals surface area contributed by atoms with Gasteiger partial charge < -0.3 is 15.0 Å². The van der Waals surface area contributed by atoms with E-state index in [-0.39, 0.29) is 6.09 Å².